The molecule has 0 bridgehead atoms. The summed E-state index contributed by atoms with van der Waals surface area (Å²) in [6, 6.07) is 7.12. The Morgan fingerprint density at radius 1 is 1.08 bits per heavy atom. The molecule has 1 aromatic carbocycles. The zero-order valence-electron chi connectivity index (χ0n) is 14.6. The van der Waals surface area contributed by atoms with Crippen molar-refractivity contribution < 1.29 is 19.1 Å². The van der Waals surface area contributed by atoms with E-state index >= 15 is 0 Å². The van der Waals surface area contributed by atoms with Crippen LogP contribution < -0.4 is 0 Å². The minimum absolute atomic E-state index is 0.0909. The van der Waals surface area contributed by atoms with Gasteiger partial charge in [-0.05, 0) is 23.3 Å². The molecule has 2 heterocycles. The largest absolute Gasteiger partial charge is 0.465 e. The molecule has 0 radical (unpaired) electrons. The van der Waals surface area contributed by atoms with E-state index in [0.29, 0.717) is 21.8 Å². The molecule has 134 valence electrons. The van der Waals surface area contributed by atoms with Crippen LogP contribution in [0.5, 0.6) is 0 Å². The lowest BCUT2D eigenvalue weighted by Crippen LogP contribution is -2.13. The van der Waals surface area contributed by atoms with Crippen LogP contribution in [0.25, 0.3) is 11.2 Å². The number of rotatable bonds is 4. The van der Waals surface area contributed by atoms with Gasteiger partial charge < -0.3 is 14.0 Å². The number of imidazole rings is 1. The van der Waals surface area contributed by atoms with Crippen LogP contribution in [-0.4, -0.2) is 35.1 Å². The van der Waals surface area contributed by atoms with Gasteiger partial charge in [-0.3, -0.25) is 4.40 Å². The molecule has 0 fully saturated rings. The van der Waals surface area contributed by atoms with Gasteiger partial charge in [0.2, 0.25) is 0 Å². The van der Waals surface area contributed by atoms with Crippen molar-refractivity contribution in [3.8, 4) is 0 Å². The Morgan fingerprint density at radius 3 is 2.38 bits per heavy atom. The molecule has 0 spiro atoms. The maximum absolute atomic E-state index is 12.5. The quantitative estimate of drug-likeness (QED) is 0.657. The molecule has 2 aromatic heterocycles. The summed E-state index contributed by atoms with van der Waals surface area (Å²) in [4.78, 5) is 24.9. The molecule has 0 aliphatic rings. The third-order valence-corrected chi connectivity index (χ3v) is 4.43. The second kappa shape index (κ2) is 6.72. The van der Waals surface area contributed by atoms with Gasteiger partial charge >= 0.3 is 11.9 Å². The monoisotopic (exact) mass is 372 g/mol. The fraction of sp³-hybridized carbons (Fsp3) is 0.158. The molecule has 0 saturated carbocycles. The molecule has 0 atom stereocenters. The van der Waals surface area contributed by atoms with Gasteiger partial charge in [-0.1, -0.05) is 30.3 Å². The first kappa shape index (κ1) is 17.8. The van der Waals surface area contributed by atoms with Crippen molar-refractivity contribution in [2.45, 2.75) is 0 Å². The van der Waals surface area contributed by atoms with Crippen LogP contribution in [0.1, 0.15) is 32.0 Å². The van der Waals surface area contributed by atoms with Gasteiger partial charge in [0.05, 0.1) is 14.2 Å². The average Bonchev–Trinajstić information content (AvgIpc) is 3.17. The van der Waals surface area contributed by atoms with Crippen LogP contribution >= 0.6 is 11.6 Å². The minimum atomic E-state index is -0.646. The number of benzene rings is 1. The Hall–Kier alpha value is -2.99. The van der Waals surface area contributed by atoms with Crippen molar-refractivity contribution in [1.82, 2.24) is 8.97 Å². The molecular formula is C19H17ClN2O4. The van der Waals surface area contributed by atoms with Crippen LogP contribution in [0, 0.1) is 0 Å². The Morgan fingerprint density at radius 2 is 1.77 bits per heavy atom. The number of ether oxygens (including phenoxy) is 2. The molecule has 0 aliphatic carbocycles. The number of aryl methyl sites for hydroxylation is 1. The zero-order valence-corrected chi connectivity index (χ0v) is 15.3. The fourth-order valence-corrected chi connectivity index (χ4v) is 3.20. The van der Waals surface area contributed by atoms with Gasteiger partial charge in [-0.15, -0.1) is 0 Å². The highest BCUT2D eigenvalue weighted by atomic mass is 35.5. The summed E-state index contributed by atoms with van der Waals surface area (Å²) in [7, 11) is 4.33. The number of halogens is 1. The topological polar surface area (TPSA) is 61.9 Å². The van der Waals surface area contributed by atoms with Gasteiger partial charge in [0, 0.05) is 30.0 Å². The molecule has 6 nitrogen and oxygen atoms in total. The van der Waals surface area contributed by atoms with Crippen LogP contribution in [0.15, 0.2) is 43.2 Å². The number of hydrogen-bond donors (Lipinski definition) is 0. The smallest absolute Gasteiger partial charge is 0.356 e. The third-order valence-electron chi connectivity index (χ3n) is 4.20. The SMILES string of the molecule is C=C(c1cccc(Cl)c1)c1c(C(=O)OC)c(C(=O)OC)n2ccn(C)c12. The van der Waals surface area contributed by atoms with Crippen molar-refractivity contribution in [3.63, 3.8) is 0 Å². The summed E-state index contributed by atoms with van der Waals surface area (Å²) in [5, 5.41) is 0.541. The van der Waals surface area contributed by atoms with Crippen molar-refractivity contribution in [3.05, 3.63) is 70.6 Å². The Balaban J connectivity index is 2.39. The van der Waals surface area contributed by atoms with E-state index in [1.54, 1.807) is 39.6 Å². The van der Waals surface area contributed by atoms with Crippen LogP contribution in [0.2, 0.25) is 5.02 Å². The Bertz CT molecular complexity index is 1050. The van der Waals surface area contributed by atoms with Gasteiger partial charge in [-0.2, -0.15) is 0 Å². The molecule has 3 aromatic rings. The molecule has 7 heteroatoms. The van der Waals surface area contributed by atoms with Crippen LogP contribution in [0.4, 0.5) is 0 Å². The predicted molar refractivity (Wildman–Crippen MR) is 98.6 cm³/mol. The lowest BCUT2D eigenvalue weighted by Gasteiger charge is -2.09. The second-order valence-electron chi connectivity index (χ2n) is 5.67. The summed E-state index contributed by atoms with van der Waals surface area (Å²) in [5.41, 5.74) is 2.58. The summed E-state index contributed by atoms with van der Waals surface area (Å²) in [5.74, 6) is -1.29. The number of carbonyl (C=O) groups is 2. The second-order valence-corrected chi connectivity index (χ2v) is 6.11. The maximum atomic E-state index is 12.5. The van der Waals surface area contributed by atoms with Crippen molar-refractivity contribution in [2.75, 3.05) is 14.2 Å². The number of fused-ring (bicyclic) bond motifs is 1. The van der Waals surface area contributed by atoms with E-state index in [1.165, 1.54) is 14.2 Å². The van der Waals surface area contributed by atoms with Crippen molar-refractivity contribution >= 4 is 34.8 Å². The first-order valence-corrected chi connectivity index (χ1v) is 8.09. The maximum Gasteiger partial charge on any atom is 0.356 e. The van der Waals surface area contributed by atoms with Gasteiger partial charge in [0.1, 0.15) is 16.9 Å². The number of methoxy groups -OCH3 is 2. The molecule has 0 unspecified atom stereocenters. The first-order chi connectivity index (χ1) is 12.4. The van der Waals surface area contributed by atoms with E-state index in [4.69, 9.17) is 21.1 Å². The molecule has 3 rings (SSSR count). The highest BCUT2D eigenvalue weighted by Gasteiger charge is 2.32. The van der Waals surface area contributed by atoms with Crippen LogP contribution in [-0.2, 0) is 16.5 Å². The summed E-state index contributed by atoms with van der Waals surface area (Å²) < 4.78 is 13.2. The van der Waals surface area contributed by atoms with E-state index in [1.807, 2.05) is 13.1 Å². The summed E-state index contributed by atoms with van der Waals surface area (Å²) >= 11 is 6.10. The molecular weight excluding hydrogens is 356 g/mol. The molecule has 0 saturated heterocycles. The van der Waals surface area contributed by atoms with E-state index in [-0.39, 0.29) is 11.3 Å². The number of hydrogen-bond acceptors (Lipinski definition) is 4. The van der Waals surface area contributed by atoms with E-state index in [0.717, 1.165) is 5.56 Å². The minimum Gasteiger partial charge on any atom is -0.465 e. The van der Waals surface area contributed by atoms with E-state index < -0.39 is 11.9 Å². The van der Waals surface area contributed by atoms with E-state index in [2.05, 4.69) is 6.58 Å². The summed E-state index contributed by atoms with van der Waals surface area (Å²) in [6.45, 7) is 4.14. The molecule has 0 aliphatic heterocycles. The normalized spacial score (nSPS) is 10.8. The lowest BCUT2D eigenvalue weighted by atomic mass is 9.97. The standard InChI is InChI=1S/C19H17ClN2O4/c1-11(12-6-5-7-13(20)10-12)14-15(18(23)25-3)16(19(24)26-4)22-9-8-21(2)17(14)22/h5-10H,1H2,2-4H3. The molecule has 26 heavy (non-hydrogen) atoms. The highest BCUT2D eigenvalue weighted by molar-refractivity contribution is 6.30. The van der Waals surface area contributed by atoms with E-state index in [9.17, 15) is 9.59 Å². The number of esters is 2. The number of aromatic nitrogens is 2. The van der Waals surface area contributed by atoms with Gasteiger partial charge in [0.15, 0.2) is 0 Å². The lowest BCUT2D eigenvalue weighted by molar-refractivity contribution is 0.0550. The fourth-order valence-electron chi connectivity index (χ4n) is 3.01. The van der Waals surface area contributed by atoms with Crippen molar-refractivity contribution in [2.24, 2.45) is 7.05 Å². The van der Waals surface area contributed by atoms with Gasteiger partial charge in [-0.25, -0.2) is 9.59 Å². The molecule has 0 amide bonds. The predicted octanol–water partition coefficient (Wildman–Crippen LogP) is 3.57. The summed E-state index contributed by atoms with van der Waals surface area (Å²) in [6.07, 6.45) is 3.46. The van der Waals surface area contributed by atoms with Crippen LogP contribution in [0.3, 0.4) is 0 Å². The number of nitrogens with zero attached hydrogens (tertiary/aromatic N) is 2. The zero-order chi connectivity index (χ0) is 19.0. The highest BCUT2D eigenvalue weighted by Crippen LogP contribution is 2.34. The molecule has 0 N–H and O–H groups in total. The average molecular weight is 373 g/mol. The number of carbonyl (C=O) groups excluding carboxylic acids is 2. The Kier molecular flexibility index (Phi) is 4.61. The van der Waals surface area contributed by atoms with Gasteiger partial charge in [0.25, 0.3) is 0 Å². The van der Waals surface area contributed by atoms with Crippen molar-refractivity contribution in [1.29, 1.82) is 0 Å². The first-order valence-electron chi connectivity index (χ1n) is 7.71. The third kappa shape index (κ3) is 2.68. The Labute approximate surface area is 155 Å².